The highest BCUT2D eigenvalue weighted by atomic mass is 35.5. The number of rotatable bonds is 7. The number of benzene rings is 2. The first kappa shape index (κ1) is 20.6. The quantitative estimate of drug-likeness (QED) is 0.554. The second kappa shape index (κ2) is 8.92. The van der Waals surface area contributed by atoms with Gasteiger partial charge in [-0.3, -0.25) is 14.5 Å². The molecule has 0 radical (unpaired) electrons. The highest BCUT2D eigenvalue weighted by Crippen LogP contribution is 2.26. The molecular weight excluding hydrogens is 392 g/mol. The number of hydrogen-bond donors (Lipinski definition) is 1. The van der Waals surface area contributed by atoms with E-state index < -0.39 is 17.8 Å². The molecule has 0 atom stereocenters. The van der Waals surface area contributed by atoms with Crippen molar-refractivity contribution in [3.63, 3.8) is 0 Å². The zero-order valence-electron chi connectivity index (χ0n) is 16.1. The largest absolute Gasteiger partial charge is 0.459 e. The first-order chi connectivity index (χ1) is 13.9. The van der Waals surface area contributed by atoms with Crippen molar-refractivity contribution < 1.29 is 19.1 Å². The molecule has 0 saturated heterocycles. The Morgan fingerprint density at radius 1 is 1.07 bits per heavy atom. The number of halogens is 1. The van der Waals surface area contributed by atoms with Crippen LogP contribution < -0.4 is 5.32 Å². The maximum atomic E-state index is 12.7. The minimum atomic E-state index is -0.537. The minimum Gasteiger partial charge on any atom is -0.459 e. The summed E-state index contributed by atoms with van der Waals surface area (Å²) in [7, 11) is 0. The van der Waals surface area contributed by atoms with Gasteiger partial charge in [0.25, 0.3) is 11.8 Å². The lowest BCUT2D eigenvalue weighted by Crippen LogP contribution is -2.34. The van der Waals surface area contributed by atoms with Crippen LogP contribution in [0.25, 0.3) is 0 Å². The van der Waals surface area contributed by atoms with Crippen LogP contribution in [-0.4, -0.2) is 35.3 Å². The van der Waals surface area contributed by atoms with Gasteiger partial charge >= 0.3 is 5.97 Å². The van der Waals surface area contributed by atoms with E-state index in [0.717, 1.165) is 10.5 Å². The van der Waals surface area contributed by atoms with Gasteiger partial charge in [0, 0.05) is 12.2 Å². The van der Waals surface area contributed by atoms with Crippen molar-refractivity contribution in [2.24, 2.45) is 0 Å². The Bertz CT molecular complexity index is 970. The summed E-state index contributed by atoms with van der Waals surface area (Å²) in [5.74, 6) is -1.50. The normalized spacial score (nSPS) is 14.0. The SMILES string of the molecule is CC(C)OC(=O)c1cccc(NC2=C(Cl)C(=O)N(CCc3ccccc3)C2=O)c1. The molecule has 1 aliphatic rings. The molecule has 1 heterocycles. The molecule has 0 spiro atoms. The lowest BCUT2D eigenvalue weighted by atomic mass is 10.1. The highest BCUT2D eigenvalue weighted by Gasteiger charge is 2.37. The molecule has 0 unspecified atom stereocenters. The van der Waals surface area contributed by atoms with Crippen molar-refractivity contribution in [2.75, 3.05) is 11.9 Å². The summed E-state index contributed by atoms with van der Waals surface area (Å²) in [5.41, 5.74) is 1.81. The number of nitrogens with zero attached hydrogens (tertiary/aromatic N) is 1. The first-order valence-electron chi connectivity index (χ1n) is 9.24. The predicted molar refractivity (Wildman–Crippen MR) is 110 cm³/mol. The van der Waals surface area contributed by atoms with Crippen LogP contribution in [0.15, 0.2) is 65.3 Å². The molecule has 6 nitrogen and oxygen atoms in total. The number of hydrogen-bond acceptors (Lipinski definition) is 5. The summed E-state index contributed by atoms with van der Waals surface area (Å²) in [5, 5.41) is 2.71. The molecule has 0 saturated carbocycles. The zero-order chi connectivity index (χ0) is 21.0. The maximum Gasteiger partial charge on any atom is 0.338 e. The van der Waals surface area contributed by atoms with E-state index in [9.17, 15) is 14.4 Å². The molecule has 0 bridgehead atoms. The predicted octanol–water partition coefficient (Wildman–Crippen LogP) is 3.73. The third-order valence-electron chi connectivity index (χ3n) is 4.29. The fourth-order valence-corrected chi connectivity index (χ4v) is 3.12. The van der Waals surface area contributed by atoms with Crippen molar-refractivity contribution >= 4 is 35.1 Å². The van der Waals surface area contributed by atoms with Gasteiger partial charge in [-0.05, 0) is 44.0 Å². The Balaban J connectivity index is 1.71. The number of esters is 1. The lowest BCUT2D eigenvalue weighted by Gasteiger charge is -2.15. The van der Waals surface area contributed by atoms with Crippen LogP contribution >= 0.6 is 11.6 Å². The van der Waals surface area contributed by atoms with Crippen LogP contribution in [0.3, 0.4) is 0 Å². The van der Waals surface area contributed by atoms with Gasteiger partial charge in [-0.15, -0.1) is 0 Å². The number of anilines is 1. The molecule has 0 aliphatic carbocycles. The van der Waals surface area contributed by atoms with Crippen LogP contribution in [0.5, 0.6) is 0 Å². The van der Waals surface area contributed by atoms with E-state index in [0.29, 0.717) is 17.7 Å². The Labute approximate surface area is 174 Å². The van der Waals surface area contributed by atoms with E-state index in [4.69, 9.17) is 16.3 Å². The van der Waals surface area contributed by atoms with E-state index in [1.165, 1.54) is 0 Å². The van der Waals surface area contributed by atoms with Gasteiger partial charge in [-0.25, -0.2) is 4.79 Å². The summed E-state index contributed by atoms with van der Waals surface area (Å²) in [6.07, 6.45) is 0.287. The van der Waals surface area contributed by atoms with Gasteiger partial charge in [0.05, 0.1) is 11.7 Å². The van der Waals surface area contributed by atoms with Crippen molar-refractivity contribution in [1.29, 1.82) is 0 Å². The Morgan fingerprint density at radius 2 is 1.79 bits per heavy atom. The first-order valence-corrected chi connectivity index (χ1v) is 9.62. The number of imide groups is 1. The number of amides is 2. The second-order valence-electron chi connectivity index (χ2n) is 6.85. The van der Waals surface area contributed by atoms with Crippen molar-refractivity contribution in [3.8, 4) is 0 Å². The third-order valence-corrected chi connectivity index (χ3v) is 4.64. The smallest absolute Gasteiger partial charge is 0.338 e. The summed E-state index contributed by atoms with van der Waals surface area (Å²) in [6, 6.07) is 16.1. The Kier molecular flexibility index (Phi) is 6.34. The van der Waals surface area contributed by atoms with Crippen molar-refractivity contribution in [2.45, 2.75) is 26.4 Å². The molecule has 2 aromatic rings. The molecule has 0 aromatic heterocycles. The Morgan fingerprint density at radius 3 is 2.48 bits per heavy atom. The fourth-order valence-electron chi connectivity index (χ4n) is 2.89. The van der Waals surface area contributed by atoms with Gasteiger partial charge in [-0.2, -0.15) is 0 Å². The van der Waals surface area contributed by atoms with Crippen LogP contribution in [0.4, 0.5) is 5.69 Å². The summed E-state index contributed by atoms with van der Waals surface area (Å²) in [4.78, 5) is 38.4. The molecule has 2 aromatic carbocycles. The lowest BCUT2D eigenvalue weighted by molar-refractivity contribution is -0.137. The van der Waals surface area contributed by atoms with Gasteiger partial charge in [0.15, 0.2) is 0 Å². The molecule has 0 fully saturated rings. The molecule has 2 amide bonds. The average molecular weight is 413 g/mol. The zero-order valence-corrected chi connectivity index (χ0v) is 16.9. The Hall–Kier alpha value is -3.12. The molecule has 7 heteroatoms. The van der Waals surface area contributed by atoms with E-state index >= 15 is 0 Å². The van der Waals surface area contributed by atoms with E-state index in [1.807, 2.05) is 30.3 Å². The van der Waals surface area contributed by atoms with Gasteiger partial charge < -0.3 is 10.1 Å². The number of ether oxygens (including phenoxy) is 1. The molecule has 3 rings (SSSR count). The van der Waals surface area contributed by atoms with Crippen molar-refractivity contribution in [3.05, 3.63) is 76.5 Å². The standard InChI is InChI=1S/C22H21ClN2O4/c1-14(2)29-22(28)16-9-6-10-17(13-16)24-19-18(23)20(26)25(21(19)27)12-11-15-7-4-3-5-8-15/h3-10,13-14,24H,11-12H2,1-2H3. The highest BCUT2D eigenvalue weighted by molar-refractivity contribution is 6.48. The second-order valence-corrected chi connectivity index (χ2v) is 7.22. The third kappa shape index (κ3) is 4.84. The molecule has 1 N–H and O–H groups in total. The van der Waals surface area contributed by atoms with E-state index in [1.54, 1.807) is 38.1 Å². The molecule has 29 heavy (non-hydrogen) atoms. The average Bonchev–Trinajstić information content (AvgIpc) is 2.90. The topological polar surface area (TPSA) is 75.7 Å². The van der Waals surface area contributed by atoms with Crippen molar-refractivity contribution in [1.82, 2.24) is 4.90 Å². The monoisotopic (exact) mass is 412 g/mol. The summed E-state index contributed by atoms with van der Waals surface area (Å²) < 4.78 is 5.18. The number of nitrogens with one attached hydrogen (secondary N) is 1. The fraction of sp³-hybridized carbons (Fsp3) is 0.227. The number of carbonyl (C=O) groups is 3. The molecule has 150 valence electrons. The van der Waals surface area contributed by atoms with Crippen LogP contribution in [0.2, 0.25) is 0 Å². The van der Waals surface area contributed by atoms with Gasteiger partial charge in [0.2, 0.25) is 0 Å². The maximum absolute atomic E-state index is 12.7. The summed E-state index contributed by atoms with van der Waals surface area (Å²) in [6.45, 7) is 3.75. The van der Waals surface area contributed by atoms with Gasteiger partial charge in [-0.1, -0.05) is 48.0 Å². The van der Waals surface area contributed by atoms with Crippen LogP contribution in [-0.2, 0) is 20.7 Å². The van der Waals surface area contributed by atoms with Crippen LogP contribution in [0, 0.1) is 0 Å². The number of carbonyl (C=O) groups excluding carboxylic acids is 3. The minimum absolute atomic E-state index is 0.000828. The molecular formula is C22H21ClN2O4. The molecule has 1 aliphatic heterocycles. The van der Waals surface area contributed by atoms with Gasteiger partial charge in [0.1, 0.15) is 10.7 Å². The van der Waals surface area contributed by atoms with E-state index in [2.05, 4.69) is 5.32 Å². The van der Waals surface area contributed by atoms with Crippen LogP contribution in [0.1, 0.15) is 29.8 Å². The van der Waals surface area contributed by atoms with E-state index in [-0.39, 0.29) is 23.4 Å². The summed E-state index contributed by atoms with van der Waals surface area (Å²) >= 11 is 6.13.